The third kappa shape index (κ3) is 1.96. The van der Waals surface area contributed by atoms with E-state index in [1.165, 1.54) is 16.7 Å². The fraction of sp³-hybridized carbons (Fsp3) is 0.176. The minimum atomic E-state index is -0.437. The highest BCUT2D eigenvalue weighted by atomic mass is 16.3. The highest BCUT2D eigenvalue weighted by Gasteiger charge is 2.35. The number of rotatable bonds is 4. The molecular formula is C17H14N2O2. The van der Waals surface area contributed by atoms with Crippen LogP contribution in [0.4, 0.5) is 0 Å². The summed E-state index contributed by atoms with van der Waals surface area (Å²) in [6.45, 7) is -0.154. The zero-order chi connectivity index (χ0) is 14.4. The lowest BCUT2D eigenvalue weighted by Crippen LogP contribution is -2.31. The number of amides is 1. The van der Waals surface area contributed by atoms with E-state index in [2.05, 4.69) is 16.4 Å². The lowest BCUT2D eigenvalue weighted by Gasteiger charge is -2.16. The Balaban J connectivity index is 1.57. The highest BCUT2D eigenvalue weighted by molar-refractivity contribution is 6.02. The summed E-state index contributed by atoms with van der Waals surface area (Å²) >= 11 is 0. The van der Waals surface area contributed by atoms with Gasteiger partial charge in [-0.25, -0.2) is 0 Å². The summed E-state index contributed by atoms with van der Waals surface area (Å²) in [5.41, 5.74) is 6.41. The standard InChI is InChI=1S/C17H14N2O2/c20-9-16(10-2-1-5-18-8-10)19-17(21)13-4-3-12-14-6-11(14)7-15(12)13/h1-5,7-8,16,20H,6,9H2,(H,19,21)/t16-/m0/s1. The van der Waals surface area contributed by atoms with Gasteiger partial charge in [-0.3, -0.25) is 9.78 Å². The third-order valence-corrected chi connectivity index (χ3v) is 4.09. The van der Waals surface area contributed by atoms with Crippen LogP contribution in [-0.4, -0.2) is 22.6 Å². The van der Waals surface area contributed by atoms with E-state index in [0.29, 0.717) is 5.57 Å². The van der Waals surface area contributed by atoms with Crippen LogP contribution >= 0.6 is 0 Å². The smallest absolute Gasteiger partial charge is 0.252 e. The van der Waals surface area contributed by atoms with Gasteiger partial charge in [0.2, 0.25) is 0 Å². The first-order chi connectivity index (χ1) is 10.3. The van der Waals surface area contributed by atoms with Crippen molar-refractivity contribution in [1.82, 2.24) is 10.3 Å². The number of hydrogen-bond donors (Lipinski definition) is 2. The van der Waals surface area contributed by atoms with Gasteiger partial charge in [0, 0.05) is 18.0 Å². The molecule has 0 spiro atoms. The van der Waals surface area contributed by atoms with Gasteiger partial charge in [0.1, 0.15) is 0 Å². The van der Waals surface area contributed by atoms with Crippen LogP contribution in [0.25, 0.3) is 0 Å². The molecule has 1 aromatic heterocycles. The van der Waals surface area contributed by atoms with Crippen LogP contribution < -0.4 is 5.32 Å². The van der Waals surface area contributed by atoms with E-state index in [4.69, 9.17) is 0 Å². The SMILES string of the molecule is O=C(N[C@@H](CO)c1cccnc1)C1=C2C=C3CC3=C2C=C1. The van der Waals surface area contributed by atoms with Gasteiger partial charge in [-0.2, -0.15) is 0 Å². The van der Waals surface area contributed by atoms with Crippen LogP contribution in [0.5, 0.6) is 0 Å². The maximum Gasteiger partial charge on any atom is 0.252 e. The molecule has 1 heterocycles. The molecule has 0 saturated heterocycles. The minimum Gasteiger partial charge on any atom is -0.394 e. The second-order valence-corrected chi connectivity index (χ2v) is 5.39. The number of carbonyl (C=O) groups excluding carboxylic acids is 1. The van der Waals surface area contributed by atoms with Crippen LogP contribution in [0.1, 0.15) is 18.0 Å². The zero-order valence-electron chi connectivity index (χ0n) is 11.3. The van der Waals surface area contributed by atoms with E-state index in [1.807, 2.05) is 18.2 Å². The first-order valence-electron chi connectivity index (χ1n) is 6.96. The van der Waals surface area contributed by atoms with E-state index in [9.17, 15) is 9.90 Å². The van der Waals surface area contributed by atoms with Crippen molar-refractivity contribution < 1.29 is 9.90 Å². The quantitative estimate of drug-likeness (QED) is 0.882. The predicted octanol–water partition coefficient (Wildman–Crippen LogP) is 1.74. The highest BCUT2D eigenvalue weighted by Crippen LogP contribution is 2.51. The van der Waals surface area contributed by atoms with Crippen LogP contribution in [-0.2, 0) is 4.79 Å². The number of pyridine rings is 1. The van der Waals surface area contributed by atoms with Gasteiger partial charge in [-0.15, -0.1) is 0 Å². The van der Waals surface area contributed by atoms with Crippen LogP contribution in [0, 0.1) is 0 Å². The van der Waals surface area contributed by atoms with E-state index >= 15 is 0 Å². The Morgan fingerprint density at radius 1 is 1.38 bits per heavy atom. The van der Waals surface area contributed by atoms with Gasteiger partial charge in [-0.05, 0) is 52.5 Å². The van der Waals surface area contributed by atoms with Crippen molar-refractivity contribution in [3.05, 3.63) is 76.2 Å². The van der Waals surface area contributed by atoms with Crippen molar-refractivity contribution in [1.29, 1.82) is 0 Å². The second-order valence-electron chi connectivity index (χ2n) is 5.39. The molecule has 1 fully saturated rings. The maximum atomic E-state index is 12.4. The van der Waals surface area contributed by atoms with Crippen molar-refractivity contribution in [2.75, 3.05) is 6.61 Å². The Bertz CT molecular complexity index is 754. The molecule has 0 bridgehead atoms. The molecule has 2 N–H and O–H groups in total. The predicted molar refractivity (Wildman–Crippen MR) is 78.1 cm³/mol. The minimum absolute atomic E-state index is 0.154. The topological polar surface area (TPSA) is 62.2 Å². The molecule has 3 aliphatic rings. The molecule has 21 heavy (non-hydrogen) atoms. The molecule has 3 aliphatic carbocycles. The second kappa shape index (κ2) is 4.53. The maximum absolute atomic E-state index is 12.4. The number of fused-ring (bicyclic) bond motifs is 2. The summed E-state index contributed by atoms with van der Waals surface area (Å²) in [6.07, 6.45) is 10.3. The number of hydrogen-bond acceptors (Lipinski definition) is 3. The lowest BCUT2D eigenvalue weighted by molar-refractivity contribution is -0.118. The summed E-state index contributed by atoms with van der Waals surface area (Å²) in [5, 5.41) is 12.4. The first kappa shape index (κ1) is 12.3. The van der Waals surface area contributed by atoms with Crippen molar-refractivity contribution in [3.63, 3.8) is 0 Å². The van der Waals surface area contributed by atoms with E-state index in [0.717, 1.165) is 17.6 Å². The number of aromatic nitrogens is 1. The molecule has 1 amide bonds. The number of carbonyl (C=O) groups is 1. The van der Waals surface area contributed by atoms with Gasteiger partial charge >= 0.3 is 0 Å². The van der Waals surface area contributed by atoms with E-state index in [1.54, 1.807) is 18.5 Å². The first-order valence-corrected chi connectivity index (χ1v) is 6.96. The Morgan fingerprint density at radius 3 is 3.05 bits per heavy atom. The number of nitrogens with one attached hydrogen (secondary N) is 1. The summed E-state index contributed by atoms with van der Waals surface area (Å²) in [5.74, 6) is -0.155. The Kier molecular flexibility index (Phi) is 2.65. The van der Waals surface area contributed by atoms with Gasteiger partial charge in [0.25, 0.3) is 5.91 Å². The zero-order valence-corrected chi connectivity index (χ0v) is 11.3. The fourth-order valence-electron chi connectivity index (χ4n) is 2.89. The summed E-state index contributed by atoms with van der Waals surface area (Å²) in [4.78, 5) is 16.5. The van der Waals surface area contributed by atoms with Gasteiger partial charge in [0.15, 0.2) is 0 Å². The largest absolute Gasteiger partial charge is 0.394 e. The molecule has 4 nitrogen and oxygen atoms in total. The Morgan fingerprint density at radius 2 is 2.29 bits per heavy atom. The monoisotopic (exact) mass is 278 g/mol. The van der Waals surface area contributed by atoms with Gasteiger partial charge in [-0.1, -0.05) is 12.1 Å². The summed E-state index contributed by atoms with van der Waals surface area (Å²) < 4.78 is 0. The molecule has 104 valence electrons. The van der Waals surface area contributed by atoms with E-state index < -0.39 is 6.04 Å². The van der Waals surface area contributed by atoms with Crippen LogP contribution in [0.15, 0.2) is 70.6 Å². The van der Waals surface area contributed by atoms with Gasteiger partial charge in [0.05, 0.1) is 12.6 Å². The van der Waals surface area contributed by atoms with Crippen molar-refractivity contribution in [2.24, 2.45) is 0 Å². The number of allylic oxidation sites excluding steroid dienone is 6. The van der Waals surface area contributed by atoms with Crippen molar-refractivity contribution in [2.45, 2.75) is 12.5 Å². The average Bonchev–Trinajstić information content (AvgIpc) is 3.00. The molecule has 0 aliphatic heterocycles. The molecule has 0 aromatic carbocycles. The molecule has 4 rings (SSSR count). The van der Waals surface area contributed by atoms with Crippen molar-refractivity contribution in [3.8, 4) is 0 Å². The molecular weight excluding hydrogens is 264 g/mol. The molecule has 1 aromatic rings. The molecule has 0 radical (unpaired) electrons. The van der Waals surface area contributed by atoms with E-state index in [-0.39, 0.29) is 12.5 Å². The molecule has 1 atom stereocenters. The van der Waals surface area contributed by atoms with Crippen LogP contribution in [0.3, 0.4) is 0 Å². The third-order valence-electron chi connectivity index (χ3n) is 4.09. The molecule has 4 heteroatoms. The Hall–Kier alpha value is -2.46. The number of nitrogens with zero attached hydrogens (tertiary/aromatic N) is 1. The van der Waals surface area contributed by atoms with Crippen LogP contribution in [0.2, 0.25) is 0 Å². The fourth-order valence-corrected chi connectivity index (χ4v) is 2.89. The number of aliphatic hydroxyl groups is 1. The van der Waals surface area contributed by atoms with Gasteiger partial charge < -0.3 is 10.4 Å². The lowest BCUT2D eigenvalue weighted by atomic mass is 10.1. The van der Waals surface area contributed by atoms with Crippen molar-refractivity contribution >= 4 is 5.91 Å². The summed E-state index contributed by atoms with van der Waals surface area (Å²) in [7, 11) is 0. The molecule has 0 unspecified atom stereocenters. The normalized spacial score (nSPS) is 19.4. The summed E-state index contributed by atoms with van der Waals surface area (Å²) in [6, 6.07) is 3.20. The average molecular weight is 278 g/mol. The molecule has 1 saturated carbocycles. The number of aliphatic hydroxyl groups excluding tert-OH is 1. The Labute approximate surface area is 122 Å².